The SMILES string of the molecule is CCOP(=O)(OCC)OCC[Si](C)(C)C. The van der Waals surface area contributed by atoms with Crippen molar-refractivity contribution in [3.05, 3.63) is 0 Å². The molecule has 4 nitrogen and oxygen atoms in total. The molecule has 0 bridgehead atoms. The summed E-state index contributed by atoms with van der Waals surface area (Å²) in [6.45, 7) is 11.4. The van der Waals surface area contributed by atoms with Crippen LogP contribution in [0.4, 0.5) is 0 Å². The standard InChI is InChI=1S/C9H23O4PSi/c1-6-11-14(10,12-7-2)13-8-9-15(3,4)5/h6-9H2,1-5H3. The summed E-state index contributed by atoms with van der Waals surface area (Å²) in [6.07, 6.45) is 0. The number of hydrogen-bond donors (Lipinski definition) is 0. The van der Waals surface area contributed by atoms with Crippen LogP contribution in [-0.4, -0.2) is 27.9 Å². The van der Waals surface area contributed by atoms with E-state index in [9.17, 15) is 4.57 Å². The van der Waals surface area contributed by atoms with E-state index in [2.05, 4.69) is 19.6 Å². The van der Waals surface area contributed by atoms with Gasteiger partial charge in [0.15, 0.2) is 0 Å². The number of rotatable bonds is 8. The summed E-state index contributed by atoms with van der Waals surface area (Å²) in [6, 6.07) is 0.955. The van der Waals surface area contributed by atoms with E-state index in [0.29, 0.717) is 19.8 Å². The Labute approximate surface area is 93.9 Å². The van der Waals surface area contributed by atoms with Gasteiger partial charge in [0.2, 0.25) is 0 Å². The van der Waals surface area contributed by atoms with Gasteiger partial charge < -0.3 is 0 Å². The largest absolute Gasteiger partial charge is 0.474 e. The molecule has 15 heavy (non-hydrogen) atoms. The third kappa shape index (κ3) is 8.17. The highest BCUT2D eigenvalue weighted by Gasteiger charge is 2.26. The summed E-state index contributed by atoms with van der Waals surface area (Å²) in [4.78, 5) is 0. The molecule has 92 valence electrons. The fourth-order valence-electron chi connectivity index (χ4n) is 0.892. The zero-order valence-electron chi connectivity index (χ0n) is 10.4. The quantitative estimate of drug-likeness (QED) is 0.491. The molecular weight excluding hydrogens is 231 g/mol. The van der Waals surface area contributed by atoms with E-state index in [1.54, 1.807) is 13.8 Å². The summed E-state index contributed by atoms with van der Waals surface area (Å²) in [5.74, 6) is 0. The van der Waals surface area contributed by atoms with Crippen molar-refractivity contribution in [2.24, 2.45) is 0 Å². The second-order valence-corrected chi connectivity index (χ2v) is 11.7. The van der Waals surface area contributed by atoms with Gasteiger partial charge in [0.1, 0.15) is 0 Å². The van der Waals surface area contributed by atoms with Crippen LogP contribution in [0.1, 0.15) is 13.8 Å². The lowest BCUT2D eigenvalue weighted by Gasteiger charge is -2.19. The molecular formula is C9H23O4PSi. The molecule has 0 radical (unpaired) electrons. The Balaban J connectivity index is 4.02. The van der Waals surface area contributed by atoms with Crippen LogP contribution in [0.5, 0.6) is 0 Å². The van der Waals surface area contributed by atoms with Gasteiger partial charge in [-0.3, -0.25) is 13.6 Å². The fourth-order valence-corrected chi connectivity index (χ4v) is 2.95. The number of hydrogen-bond acceptors (Lipinski definition) is 4. The van der Waals surface area contributed by atoms with Crippen molar-refractivity contribution >= 4 is 15.9 Å². The summed E-state index contributed by atoms with van der Waals surface area (Å²) >= 11 is 0. The van der Waals surface area contributed by atoms with Crippen LogP contribution in [0.15, 0.2) is 0 Å². The van der Waals surface area contributed by atoms with Crippen LogP contribution in [0.25, 0.3) is 0 Å². The molecule has 6 heteroatoms. The van der Waals surface area contributed by atoms with Crippen molar-refractivity contribution in [1.29, 1.82) is 0 Å². The van der Waals surface area contributed by atoms with E-state index in [0.717, 1.165) is 6.04 Å². The van der Waals surface area contributed by atoms with Gasteiger partial charge in [0, 0.05) is 8.07 Å². The van der Waals surface area contributed by atoms with Gasteiger partial charge in [0.25, 0.3) is 0 Å². The average molecular weight is 254 g/mol. The highest BCUT2D eigenvalue weighted by atomic mass is 31.2. The Morgan fingerprint density at radius 1 is 1.00 bits per heavy atom. The highest BCUT2D eigenvalue weighted by molar-refractivity contribution is 7.48. The molecule has 0 aromatic rings. The zero-order valence-corrected chi connectivity index (χ0v) is 12.3. The van der Waals surface area contributed by atoms with Gasteiger partial charge in [-0.15, -0.1) is 0 Å². The minimum absolute atomic E-state index is 0.338. The smallest absolute Gasteiger partial charge is 0.287 e. The summed E-state index contributed by atoms with van der Waals surface area (Å²) in [5.41, 5.74) is 0. The molecule has 0 fully saturated rings. The molecule has 0 rings (SSSR count). The van der Waals surface area contributed by atoms with E-state index < -0.39 is 15.9 Å². The second-order valence-electron chi connectivity index (χ2n) is 4.43. The lowest BCUT2D eigenvalue weighted by Crippen LogP contribution is -2.21. The summed E-state index contributed by atoms with van der Waals surface area (Å²) in [7, 11) is -4.44. The maximum atomic E-state index is 11.8. The van der Waals surface area contributed by atoms with Crippen molar-refractivity contribution in [1.82, 2.24) is 0 Å². The Morgan fingerprint density at radius 2 is 1.47 bits per heavy atom. The van der Waals surface area contributed by atoms with Gasteiger partial charge in [-0.2, -0.15) is 0 Å². The summed E-state index contributed by atoms with van der Waals surface area (Å²) < 4.78 is 27.1. The molecule has 0 atom stereocenters. The Kier molecular flexibility index (Phi) is 6.96. The molecule has 0 unspecified atom stereocenters. The maximum Gasteiger partial charge on any atom is 0.474 e. The molecule has 0 aliphatic carbocycles. The van der Waals surface area contributed by atoms with Crippen molar-refractivity contribution < 1.29 is 18.1 Å². The summed E-state index contributed by atoms with van der Waals surface area (Å²) in [5, 5.41) is 0. The van der Waals surface area contributed by atoms with E-state index in [1.165, 1.54) is 0 Å². The predicted molar refractivity (Wildman–Crippen MR) is 65.0 cm³/mol. The normalized spacial score (nSPS) is 13.1. The van der Waals surface area contributed by atoms with E-state index in [1.807, 2.05) is 0 Å². The first-order valence-corrected chi connectivity index (χ1v) is 10.5. The van der Waals surface area contributed by atoms with Gasteiger partial charge in [-0.25, -0.2) is 4.57 Å². The molecule has 0 spiro atoms. The molecule has 0 amide bonds. The third-order valence-electron chi connectivity index (χ3n) is 1.68. The lowest BCUT2D eigenvalue weighted by molar-refractivity contribution is 0.126. The molecule has 0 aromatic carbocycles. The minimum atomic E-state index is -3.28. The minimum Gasteiger partial charge on any atom is -0.287 e. The van der Waals surface area contributed by atoms with Crippen molar-refractivity contribution in [2.45, 2.75) is 39.5 Å². The molecule has 0 heterocycles. The molecule has 0 aromatic heterocycles. The van der Waals surface area contributed by atoms with Crippen LogP contribution in [0.2, 0.25) is 25.7 Å². The zero-order chi connectivity index (χ0) is 11.9. The van der Waals surface area contributed by atoms with Crippen LogP contribution in [0, 0.1) is 0 Å². The first-order valence-electron chi connectivity index (χ1n) is 5.36. The maximum absolute atomic E-state index is 11.8. The van der Waals surface area contributed by atoms with Gasteiger partial charge >= 0.3 is 7.82 Å². The first-order chi connectivity index (χ1) is 6.83. The van der Waals surface area contributed by atoms with Crippen LogP contribution < -0.4 is 0 Å². The lowest BCUT2D eigenvalue weighted by atomic mass is 10.9. The van der Waals surface area contributed by atoms with Gasteiger partial charge in [-0.1, -0.05) is 19.6 Å². The Bertz CT molecular complexity index is 205. The van der Waals surface area contributed by atoms with E-state index >= 15 is 0 Å². The first kappa shape index (κ1) is 15.3. The second kappa shape index (κ2) is 6.81. The molecule has 0 aliphatic heterocycles. The van der Waals surface area contributed by atoms with Crippen LogP contribution in [0.3, 0.4) is 0 Å². The van der Waals surface area contributed by atoms with Crippen LogP contribution in [-0.2, 0) is 18.1 Å². The van der Waals surface area contributed by atoms with Crippen molar-refractivity contribution in [2.75, 3.05) is 19.8 Å². The Morgan fingerprint density at radius 3 is 1.80 bits per heavy atom. The topological polar surface area (TPSA) is 44.8 Å². The van der Waals surface area contributed by atoms with Crippen molar-refractivity contribution in [3.63, 3.8) is 0 Å². The predicted octanol–water partition coefficient (Wildman–Crippen LogP) is 3.52. The highest BCUT2D eigenvalue weighted by Crippen LogP contribution is 2.49. The van der Waals surface area contributed by atoms with Crippen LogP contribution >= 0.6 is 7.82 Å². The average Bonchev–Trinajstić information content (AvgIpc) is 2.01. The van der Waals surface area contributed by atoms with E-state index in [4.69, 9.17) is 13.6 Å². The van der Waals surface area contributed by atoms with Gasteiger partial charge in [0.05, 0.1) is 19.8 Å². The van der Waals surface area contributed by atoms with Gasteiger partial charge in [-0.05, 0) is 19.9 Å². The molecule has 0 saturated heterocycles. The fraction of sp³-hybridized carbons (Fsp3) is 1.00. The number of phosphoric acid groups is 1. The van der Waals surface area contributed by atoms with Crippen molar-refractivity contribution in [3.8, 4) is 0 Å². The Hall–Kier alpha value is 0.327. The monoisotopic (exact) mass is 254 g/mol. The molecule has 0 saturated carbocycles. The third-order valence-corrected chi connectivity index (χ3v) is 5.03. The molecule has 0 aliphatic rings. The number of phosphoric ester groups is 1. The molecule has 0 N–H and O–H groups in total. The van der Waals surface area contributed by atoms with E-state index in [-0.39, 0.29) is 0 Å².